The quantitative estimate of drug-likeness (QED) is 0.740. The molecule has 0 atom stereocenters. The maximum absolute atomic E-state index is 11.5. The van der Waals surface area contributed by atoms with Crippen LogP contribution in [0.15, 0.2) is 12.3 Å². The lowest BCUT2D eigenvalue weighted by Crippen LogP contribution is -2.43. The van der Waals surface area contributed by atoms with E-state index in [1.807, 2.05) is 19.3 Å². The number of ketones is 1. The number of hydrogen-bond donors (Lipinski definition) is 1. The van der Waals surface area contributed by atoms with Gasteiger partial charge in [0.25, 0.3) is 0 Å². The molecule has 1 fully saturated rings. The summed E-state index contributed by atoms with van der Waals surface area (Å²) in [6, 6.07) is 1.90. The molecule has 4 nitrogen and oxygen atoms in total. The topological polar surface area (TPSA) is 46.9 Å². The molecule has 2 heterocycles. The number of aryl methyl sites for hydroxylation is 1. The van der Waals surface area contributed by atoms with E-state index in [1.54, 1.807) is 4.68 Å². The van der Waals surface area contributed by atoms with E-state index in [9.17, 15) is 4.79 Å². The molecule has 1 aliphatic heterocycles. The lowest BCUT2D eigenvalue weighted by molar-refractivity contribution is -0.119. The first-order valence-corrected chi connectivity index (χ1v) is 4.95. The van der Waals surface area contributed by atoms with Gasteiger partial charge in [-0.05, 0) is 25.1 Å². The van der Waals surface area contributed by atoms with Crippen molar-refractivity contribution in [3.63, 3.8) is 0 Å². The summed E-state index contributed by atoms with van der Waals surface area (Å²) >= 11 is 0. The second kappa shape index (κ2) is 3.92. The number of Topliss-reactive ketones (excluding diaryl/α,β-unsaturated/α-hetero) is 1. The monoisotopic (exact) mass is 193 g/mol. The summed E-state index contributed by atoms with van der Waals surface area (Å²) in [6.45, 7) is 1.99. The molecule has 0 saturated carbocycles. The minimum Gasteiger partial charge on any atom is -0.316 e. The van der Waals surface area contributed by atoms with Gasteiger partial charge in [0.2, 0.25) is 0 Å². The van der Waals surface area contributed by atoms with Gasteiger partial charge in [-0.25, -0.2) is 0 Å². The molecule has 1 aliphatic rings. The minimum absolute atomic E-state index is 0.301. The summed E-state index contributed by atoms with van der Waals surface area (Å²) < 4.78 is 1.73. The van der Waals surface area contributed by atoms with Crippen molar-refractivity contribution < 1.29 is 4.79 Å². The highest BCUT2D eigenvalue weighted by molar-refractivity contribution is 5.80. The zero-order chi connectivity index (χ0) is 9.97. The van der Waals surface area contributed by atoms with Crippen molar-refractivity contribution in [2.24, 2.45) is 13.0 Å². The molecule has 2 rings (SSSR count). The lowest BCUT2D eigenvalue weighted by atomic mass is 9.95. The Balaban J connectivity index is 1.81. The maximum atomic E-state index is 11.5. The van der Waals surface area contributed by atoms with Crippen LogP contribution in [0.3, 0.4) is 0 Å². The van der Waals surface area contributed by atoms with Crippen molar-refractivity contribution >= 4 is 5.78 Å². The molecule has 4 heteroatoms. The predicted octanol–water partition coefficient (Wildman–Crippen LogP) is 0.141. The second-order valence-electron chi connectivity index (χ2n) is 3.92. The fourth-order valence-corrected chi connectivity index (χ4v) is 1.65. The van der Waals surface area contributed by atoms with E-state index in [2.05, 4.69) is 10.4 Å². The normalized spacial score (nSPS) is 16.6. The van der Waals surface area contributed by atoms with Crippen LogP contribution in [0, 0.1) is 5.92 Å². The predicted molar refractivity (Wildman–Crippen MR) is 52.9 cm³/mol. The van der Waals surface area contributed by atoms with E-state index in [1.165, 1.54) is 0 Å². The molecule has 14 heavy (non-hydrogen) atoms. The average Bonchev–Trinajstić information content (AvgIpc) is 2.44. The van der Waals surface area contributed by atoms with E-state index >= 15 is 0 Å². The minimum atomic E-state index is 0.301. The smallest absolute Gasteiger partial charge is 0.139 e. The Hall–Kier alpha value is -1.16. The van der Waals surface area contributed by atoms with E-state index in [0.29, 0.717) is 24.5 Å². The molecule has 1 saturated heterocycles. The summed E-state index contributed by atoms with van der Waals surface area (Å²) in [7, 11) is 1.86. The number of carbonyl (C=O) groups excluding carboxylic acids is 1. The first-order valence-electron chi connectivity index (χ1n) is 4.95. The Morgan fingerprint density at radius 1 is 1.71 bits per heavy atom. The number of nitrogens with zero attached hydrogens (tertiary/aromatic N) is 2. The van der Waals surface area contributed by atoms with Gasteiger partial charge >= 0.3 is 0 Å². The molecular formula is C10H15N3O. The summed E-state index contributed by atoms with van der Waals surface area (Å²) in [5, 5.41) is 7.34. The van der Waals surface area contributed by atoms with Crippen molar-refractivity contribution in [2.45, 2.75) is 12.8 Å². The number of nitrogens with one attached hydrogen (secondary N) is 1. The molecule has 0 radical (unpaired) electrons. The van der Waals surface area contributed by atoms with Gasteiger partial charge in [-0.2, -0.15) is 5.10 Å². The van der Waals surface area contributed by atoms with Gasteiger partial charge < -0.3 is 5.32 Å². The van der Waals surface area contributed by atoms with Crippen LogP contribution in [-0.2, 0) is 18.3 Å². The van der Waals surface area contributed by atoms with Crippen molar-refractivity contribution in [1.29, 1.82) is 0 Å². The van der Waals surface area contributed by atoms with E-state index in [4.69, 9.17) is 0 Å². The number of hydrogen-bond acceptors (Lipinski definition) is 3. The van der Waals surface area contributed by atoms with Crippen molar-refractivity contribution in [3.05, 3.63) is 18.0 Å². The second-order valence-corrected chi connectivity index (χ2v) is 3.92. The van der Waals surface area contributed by atoms with Crippen LogP contribution >= 0.6 is 0 Å². The van der Waals surface area contributed by atoms with Gasteiger partial charge in [-0.1, -0.05) is 0 Å². The van der Waals surface area contributed by atoms with Crippen LogP contribution in [0.5, 0.6) is 0 Å². The van der Waals surface area contributed by atoms with Gasteiger partial charge in [0.05, 0.1) is 12.1 Å². The van der Waals surface area contributed by atoms with Crippen LogP contribution in [0.1, 0.15) is 12.1 Å². The Kier molecular flexibility index (Phi) is 2.63. The van der Waals surface area contributed by atoms with Crippen molar-refractivity contribution in [1.82, 2.24) is 15.1 Å². The maximum Gasteiger partial charge on any atom is 0.139 e. The molecule has 0 amide bonds. The summed E-state index contributed by atoms with van der Waals surface area (Å²) in [5.41, 5.74) is 0.879. The molecular weight excluding hydrogens is 178 g/mol. The molecule has 1 N–H and O–H groups in total. The van der Waals surface area contributed by atoms with Crippen LogP contribution < -0.4 is 5.32 Å². The Morgan fingerprint density at radius 3 is 3.00 bits per heavy atom. The third kappa shape index (κ3) is 2.20. The molecule has 0 unspecified atom stereocenters. The SMILES string of the molecule is Cn1ccc(CC(=O)CC2CNC2)n1. The Labute approximate surface area is 83.3 Å². The van der Waals surface area contributed by atoms with Gasteiger partial charge in [-0.3, -0.25) is 9.48 Å². The van der Waals surface area contributed by atoms with Gasteiger partial charge in [-0.15, -0.1) is 0 Å². The third-order valence-corrected chi connectivity index (χ3v) is 2.53. The summed E-state index contributed by atoms with van der Waals surface area (Å²) in [4.78, 5) is 11.5. The Morgan fingerprint density at radius 2 is 2.50 bits per heavy atom. The van der Waals surface area contributed by atoms with Gasteiger partial charge in [0, 0.05) is 19.7 Å². The highest BCUT2D eigenvalue weighted by Gasteiger charge is 2.20. The van der Waals surface area contributed by atoms with Crippen LogP contribution in [0.25, 0.3) is 0 Å². The lowest BCUT2D eigenvalue weighted by Gasteiger charge is -2.26. The highest BCUT2D eigenvalue weighted by atomic mass is 16.1. The zero-order valence-corrected chi connectivity index (χ0v) is 8.36. The van der Waals surface area contributed by atoms with E-state index in [0.717, 1.165) is 18.8 Å². The number of rotatable bonds is 4. The highest BCUT2D eigenvalue weighted by Crippen LogP contribution is 2.10. The average molecular weight is 193 g/mol. The van der Waals surface area contributed by atoms with Crippen LogP contribution in [0.2, 0.25) is 0 Å². The van der Waals surface area contributed by atoms with Crippen molar-refractivity contribution in [3.8, 4) is 0 Å². The standard InChI is InChI=1S/C10H15N3O/c1-13-3-2-9(12-13)5-10(14)4-8-6-11-7-8/h2-3,8,11H,4-7H2,1H3. The fourth-order valence-electron chi connectivity index (χ4n) is 1.65. The molecule has 0 aromatic carbocycles. The van der Waals surface area contributed by atoms with Crippen molar-refractivity contribution in [2.75, 3.05) is 13.1 Å². The van der Waals surface area contributed by atoms with Crippen LogP contribution in [0.4, 0.5) is 0 Å². The summed E-state index contributed by atoms with van der Waals surface area (Å²) in [5.74, 6) is 0.862. The Bertz CT molecular complexity index is 328. The molecule has 0 bridgehead atoms. The van der Waals surface area contributed by atoms with E-state index < -0.39 is 0 Å². The zero-order valence-electron chi connectivity index (χ0n) is 8.36. The molecule has 76 valence electrons. The molecule has 0 aliphatic carbocycles. The molecule has 0 spiro atoms. The number of carbonyl (C=O) groups is 1. The van der Waals surface area contributed by atoms with Gasteiger partial charge in [0.1, 0.15) is 5.78 Å². The van der Waals surface area contributed by atoms with E-state index in [-0.39, 0.29) is 0 Å². The first kappa shape index (κ1) is 9.40. The molecule has 1 aromatic rings. The largest absolute Gasteiger partial charge is 0.316 e. The number of aromatic nitrogens is 2. The first-order chi connectivity index (χ1) is 6.74. The summed E-state index contributed by atoms with van der Waals surface area (Å²) in [6.07, 6.45) is 3.05. The molecule has 1 aromatic heterocycles. The third-order valence-electron chi connectivity index (χ3n) is 2.53. The van der Waals surface area contributed by atoms with Gasteiger partial charge in [0.15, 0.2) is 0 Å². The fraction of sp³-hybridized carbons (Fsp3) is 0.600. The van der Waals surface area contributed by atoms with Crippen LogP contribution in [-0.4, -0.2) is 28.7 Å².